The van der Waals surface area contributed by atoms with E-state index in [1.807, 2.05) is 6.92 Å². The van der Waals surface area contributed by atoms with Gasteiger partial charge in [-0.3, -0.25) is 22.6 Å². The van der Waals surface area contributed by atoms with Crippen molar-refractivity contribution in [2.75, 3.05) is 35.0 Å². The van der Waals surface area contributed by atoms with Gasteiger partial charge >= 0.3 is 23.5 Å². The zero-order valence-corrected chi connectivity index (χ0v) is 18.7. The van der Waals surface area contributed by atoms with Crippen molar-refractivity contribution in [3.63, 3.8) is 0 Å². The van der Waals surface area contributed by atoms with Crippen molar-refractivity contribution >= 4 is 23.5 Å². The van der Waals surface area contributed by atoms with Gasteiger partial charge in [0.1, 0.15) is 6.10 Å². The summed E-state index contributed by atoms with van der Waals surface area (Å²) in [6.07, 6.45) is -1.22. The molecule has 27 heavy (non-hydrogen) atoms. The number of hydrogen-bond donors (Lipinski definition) is 1. The number of ether oxygens (including phenoxy) is 1. The van der Waals surface area contributed by atoms with Gasteiger partial charge in [0.15, 0.2) is 0 Å². The molecule has 1 fully saturated rings. The van der Waals surface area contributed by atoms with Gasteiger partial charge in [0.2, 0.25) is 0 Å². The Bertz CT molecular complexity index is 604. The second-order valence-corrected chi connectivity index (χ2v) is 11.2. The third-order valence-electron chi connectivity index (χ3n) is 3.97. The molecule has 1 heterocycles. The van der Waals surface area contributed by atoms with Crippen LogP contribution in [0.4, 0.5) is 0 Å². The van der Waals surface area contributed by atoms with Crippen LogP contribution in [-0.2, 0) is 49.7 Å². The Kier molecular flexibility index (Phi) is 9.76. The van der Waals surface area contributed by atoms with Crippen molar-refractivity contribution < 1.29 is 54.8 Å². The third-order valence-corrected chi connectivity index (χ3v) is 9.43. The lowest BCUT2D eigenvalue weighted by molar-refractivity contribution is -0.0180. The van der Waals surface area contributed by atoms with Gasteiger partial charge in [-0.05, 0) is 13.3 Å². The molecule has 0 aromatic rings. The van der Waals surface area contributed by atoms with E-state index in [4.69, 9.17) is 13.6 Å². The van der Waals surface area contributed by atoms with Crippen LogP contribution in [0, 0.1) is 5.92 Å². The van der Waals surface area contributed by atoms with Gasteiger partial charge in [0.25, 0.3) is 0 Å². The molecule has 0 saturated carbocycles. The van der Waals surface area contributed by atoms with Gasteiger partial charge in [-0.2, -0.15) is 8.62 Å². The van der Waals surface area contributed by atoms with Crippen molar-refractivity contribution in [1.29, 1.82) is 0 Å². The van der Waals surface area contributed by atoms with Gasteiger partial charge in [-0.15, -0.1) is 0 Å². The molecule has 1 N–H and O–H groups in total. The van der Waals surface area contributed by atoms with E-state index < -0.39 is 35.7 Å². The van der Waals surface area contributed by atoms with Crippen LogP contribution in [0.3, 0.4) is 0 Å². The third kappa shape index (κ3) is 6.67. The fraction of sp³-hybridized carbons (Fsp3) is 1.00. The Morgan fingerprint density at radius 3 is 1.78 bits per heavy atom. The standard InChI is InChI=1S/C12H27O12P3/c1-7-10-9(2)22-11(12(10)13)8-21-26(15,19-5)24-27(16,20-6)23-25(14,17-3)18-4/h9-13H,7-8H2,1-6H3. The summed E-state index contributed by atoms with van der Waals surface area (Å²) in [5, 5.41) is 10.2. The van der Waals surface area contributed by atoms with Gasteiger partial charge in [0, 0.05) is 34.4 Å². The van der Waals surface area contributed by atoms with Crippen molar-refractivity contribution in [3.05, 3.63) is 0 Å². The van der Waals surface area contributed by atoms with E-state index in [0.717, 1.165) is 28.4 Å². The maximum Gasteiger partial charge on any atom is 0.492 e. The molecule has 0 radical (unpaired) electrons. The quantitative estimate of drug-likeness (QED) is 0.431. The van der Waals surface area contributed by atoms with Crippen LogP contribution in [-0.4, -0.2) is 58.5 Å². The predicted octanol–water partition coefficient (Wildman–Crippen LogP) is 3.12. The Hall–Kier alpha value is 0.330. The monoisotopic (exact) mass is 456 g/mol. The molecule has 0 amide bonds. The second kappa shape index (κ2) is 10.4. The Labute approximate surface area is 158 Å². The summed E-state index contributed by atoms with van der Waals surface area (Å²) in [7, 11) is -9.72. The first-order valence-electron chi connectivity index (χ1n) is 7.94. The molecule has 0 spiro atoms. The summed E-state index contributed by atoms with van der Waals surface area (Å²) in [5.41, 5.74) is 0. The van der Waals surface area contributed by atoms with E-state index in [0.29, 0.717) is 6.42 Å². The maximum atomic E-state index is 12.6. The molecule has 1 aliphatic heterocycles. The first-order valence-corrected chi connectivity index (χ1v) is 12.3. The highest BCUT2D eigenvalue weighted by atomic mass is 31.3. The number of rotatable bonds is 12. The molecule has 0 bridgehead atoms. The first-order chi connectivity index (χ1) is 12.5. The van der Waals surface area contributed by atoms with Crippen molar-refractivity contribution in [2.24, 2.45) is 5.92 Å². The summed E-state index contributed by atoms with van der Waals surface area (Å²) < 4.78 is 75.3. The minimum Gasteiger partial charge on any atom is -0.390 e. The van der Waals surface area contributed by atoms with Gasteiger partial charge in [-0.1, -0.05) is 6.92 Å². The van der Waals surface area contributed by atoms with E-state index in [-0.39, 0.29) is 18.6 Å². The highest BCUT2D eigenvalue weighted by Gasteiger charge is 2.47. The topological polar surface area (TPSA) is 145 Å². The molecule has 6 atom stereocenters. The molecular weight excluding hydrogens is 429 g/mol. The zero-order chi connectivity index (χ0) is 20.9. The highest BCUT2D eigenvalue weighted by molar-refractivity contribution is 7.67. The van der Waals surface area contributed by atoms with Crippen LogP contribution in [0.2, 0.25) is 0 Å². The Morgan fingerprint density at radius 1 is 0.889 bits per heavy atom. The van der Waals surface area contributed by atoms with Crippen molar-refractivity contribution in [3.8, 4) is 0 Å². The molecule has 15 heteroatoms. The summed E-state index contributed by atoms with van der Waals surface area (Å²) >= 11 is 0. The Morgan fingerprint density at radius 2 is 1.37 bits per heavy atom. The number of phosphoric acid groups is 3. The Balaban J connectivity index is 2.84. The molecule has 0 aliphatic carbocycles. The van der Waals surface area contributed by atoms with E-state index in [2.05, 4.69) is 22.4 Å². The summed E-state index contributed by atoms with van der Waals surface area (Å²) in [5.74, 6) is -0.121. The van der Waals surface area contributed by atoms with Gasteiger partial charge in [0.05, 0.1) is 18.8 Å². The number of hydrogen-bond acceptors (Lipinski definition) is 12. The van der Waals surface area contributed by atoms with Crippen LogP contribution < -0.4 is 0 Å². The van der Waals surface area contributed by atoms with Crippen molar-refractivity contribution in [1.82, 2.24) is 0 Å². The number of phosphoric ester groups is 2. The van der Waals surface area contributed by atoms with Crippen LogP contribution in [0.25, 0.3) is 0 Å². The number of aliphatic hydroxyl groups excluding tert-OH is 1. The largest absolute Gasteiger partial charge is 0.492 e. The lowest BCUT2D eigenvalue weighted by atomic mass is 9.95. The summed E-state index contributed by atoms with van der Waals surface area (Å²) in [6.45, 7) is 3.31. The molecule has 1 aliphatic rings. The van der Waals surface area contributed by atoms with Crippen LogP contribution in [0.5, 0.6) is 0 Å². The van der Waals surface area contributed by atoms with Gasteiger partial charge in [-0.25, -0.2) is 13.7 Å². The highest BCUT2D eigenvalue weighted by Crippen LogP contribution is 2.72. The first kappa shape index (κ1) is 25.4. The fourth-order valence-corrected chi connectivity index (χ4v) is 6.92. The average molecular weight is 456 g/mol. The molecule has 162 valence electrons. The second-order valence-electron chi connectivity index (χ2n) is 5.47. The van der Waals surface area contributed by atoms with Crippen LogP contribution >= 0.6 is 23.5 Å². The normalized spacial score (nSPS) is 30.8. The SMILES string of the molecule is CCC1C(C)OC(COP(=O)(OC)OP(=O)(OC)OP(=O)(OC)OC)C1O. The molecule has 1 rings (SSSR count). The number of aliphatic hydroxyl groups is 1. The van der Waals surface area contributed by atoms with E-state index >= 15 is 0 Å². The molecular formula is C12H27O12P3. The molecule has 6 unspecified atom stereocenters. The van der Waals surface area contributed by atoms with E-state index in [1.165, 1.54) is 0 Å². The summed E-state index contributed by atoms with van der Waals surface area (Å²) in [4.78, 5) is 0. The van der Waals surface area contributed by atoms with Crippen molar-refractivity contribution in [2.45, 2.75) is 38.6 Å². The predicted molar refractivity (Wildman–Crippen MR) is 93.1 cm³/mol. The smallest absolute Gasteiger partial charge is 0.390 e. The minimum absolute atomic E-state index is 0.121. The van der Waals surface area contributed by atoms with E-state index in [9.17, 15) is 18.8 Å². The van der Waals surface area contributed by atoms with E-state index in [1.54, 1.807) is 6.92 Å². The minimum atomic E-state index is -4.73. The molecule has 12 nitrogen and oxygen atoms in total. The fourth-order valence-electron chi connectivity index (χ4n) is 2.46. The zero-order valence-electron chi connectivity index (χ0n) is 16.0. The molecule has 0 aromatic carbocycles. The summed E-state index contributed by atoms with van der Waals surface area (Å²) in [6, 6.07) is 0. The average Bonchev–Trinajstić information content (AvgIpc) is 2.92. The molecule has 1 saturated heterocycles. The van der Waals surface area contributed by atoms with Crippen LogP contribution in [0.15, 0.2) is 0 Å². The molecule has 0 aromatic heterocycles. The van der Waals surface area contributed by atoms with Gasteiger partial charge < -0.3 is 9.84 Å². The maximum absolute atomic E-state index is 12.6. The lowest BCUT2D eigenvalue weighted by Crippen LogP contribution is -2.30. The lowest BCUT2D eigenvalue weighted by Gasteiger charge is -2.24. The van der Waals surface area contributed by atoms with Crippen LogP contribution in [0.1, 0.15) is 20.3 Å².